The third kappa shape index (κ3) is 4.99. The molecule has 1 saturated heterocycles. The molecule has 188 valence electrons. The Morgan fingerprint density at radius 1 is 0.946 bits per heavy atom. The number of nitrogens with one attached hydrogen (secondary N) is 1. The van der Waals surface area contributed by atoms with E-state index in [9.17, 15) is 0 Å². The Labute approximate surface area is 222 Å². The van der Waals surface area contributed by atoms with Crippen LogP contribution in [0.5, 0.6) is 0 Å². The molecule has 37 heavy (non-hydrogen) atoms. The maximum Gasteiger partial charge on any atom is 0.227 e. The number of fused-ring (bicyclic) bond motifs is 3. The number of piperazine rings is 1. The fourth-order valence-electron chi connectivity index (χ4n) is 4.83. The Kier molecular flexibility index (Phi) is 6.68. The highest BCUT2D eigenvalue weighted by molar-refractivity contribution is 8.00. The SMILES string of the molecule is CCCN1Sc2cnc(Nc3ccc(N4CCN(C)CC4)cc3)nc2-c2ccc(-c3cccnc3)cc21. The second-order valence-corrected chi connectivity index (χ2v) is 10.6. The maximum absolute atomic E-state index is 4.97. The molecule has 4 aromatic rings. The maximum atomic E-state index is 4.97. The zero-order valence-electron chi connectivity index (χ0n) is 21.3. The standard InChI is InChI=1S/C29H31N7S/c1-3-13-36-26-18-21(22-5-4-12-30-19-22)6-11-25(26)28-27(37-36)20-31-29(33-28)32-23-7-9-24(10-8-23)35-16-14-34(2)15-17-35/h4-12,18-20H,3,13-17H2,1-2H3,(H,31,32,33). The molecular weight excluding hydrogens is 478 g/mol. The van der Waals surface area contributed by atoms with E-state index in [-0.39, 0.29) is 0 Å². The van der Waals surface area contributed by atoms with Crippen molar-refractivity contribution in [2.45, 2.75) is 18.2 Å². The summed E-state index contributed by atoms with van der Waals surface area (Å²) in [4.78, 5) is 19.8. The van der Waals surface area contributed by atoms with E-state index < -0.39 is 0 Å². The molecule has 0 bridgehead atoms. The van der Waals surface area contributed by atoms with Gasteiger partial charge in [-0.1, -0.05) is 25.1 Å². The molecule has 7 nitrogen and oxygen atoms in total. The lowest BCUT2D eigenvalue weighted by molar-refractivity contribution is 0.313. The first kappa shape index (κ1) is 23.8. The first-order valence-corrected chi connectivity index (χ1v) is 13.6. The molecule has 2 aromatic heterocycles. The van der Waals surface area contributed by atoms with Crippen molar-refractivity contribution in [3.63, 3.8) is 0 Å². The molecule has 0 atom stereocenters. The highest BCUT2D eigenvalue weighted by Gasteiger charge is 2.25. The van der Waals surface area contributed by atoms with E-state index >= 15 is 0 Å². The number of benzene rings is 2. The van der Waals surface area contributed by atoms with Gasteiger partial charge < -0.3 is 19.4 Å². The fourth-order valence-corrected chi connectivity index (χ4v) is 5.93. The van der Waals surface area contributed by atoms with Crippen LogP contribution in [0.25, 0.3) is 22.4 Å². The van der Waals surface area contributed by atoms with Crippen molar-refractivity contribution < 1.29 is 0 Å². The van der Waals surface area contributed by atoms with E-state index in [1.165, 1.54) is 11.4 Å². The number of anilines is 4. The Hall–Kier alpha value is -3.62. The monoisotopic (exact) mass is 509 g/mol. The van der Waals surface area contributed by atoms with Crippen LogP contribution >= 0.6 is 11.9 Å². The highest BCUT2D eigenvalue weighted by Crippen LogP contribution is 2.47. The number of rotatable bonds is 6. The Morgan fingerprint density at radius 3 is 2.54 bits per heavy atom. The van der Waals surface area contributed by atoms with Crippen LogP contribution in [0.2, 0.25) is 0 Å². The number of pyridine rings is 1. The molecule has 6 rings (SSSR count). The Morgan fingerprint density at radius 2 is 1.78 bits per heavy atom. The third-order valence-corrected chi connectivity index (χ3v) is 7.99. The second-order valence-electron chi connectivity index (χ2n) is 9.54. The summed E-state index contributed by atoms with van der Waals surface area (Å²) in [6, 6.07) is 19.3. The molecule has 4 heterocycles. The van der Waals surface area contributed by atoms with Crippen molar-refractivity contribution >= 4 is 35.0 Å². The van der Waals surface area contributed by atoms with Crippen molar-refractivity contribution in [3.05, 3.63) is 73.2 Å². The molecule has 0 spiro atoms. The van der Waals surface area contributed by atoms with E-state index in [0.717, 1.165) is 72.1 Å². The number of likely N-dealkylation sites (N-methyl/N-ethyl adjacent to an activating group) is 1. The quantitative estimate of drug-likeness (QED) is 0.321. The average molecular weight is 510 g/mol. The van der Waals surface area contributed by atoms with Gasteiger partial charge in [-0.2, -0.15) is 0 Å². The fraction of sp³-hybridized carbons (Fsp3) is 0.276. The predicted molar refractivity (Wildman–Crippen MR) is 154 cm³/mol. The van der Waals surface area contributed by atoms with Gasteiger partial charge in [0.1, 0.15) is 0 Å². The summed E-state index contributed by atoms with van der Waals surface area (Å²) in [6.07, 6.45) is 6.72. The summed E-state index contributed by atoms with van der Waals surface area (Å²) in [7, 11) is 2.18. The number of aromatic nitrogens is 3. The molecule has 2 aliphatic heterocycles. The van der Waals surface area contributed by atoms with Gasteiger partial charge in [-0.05, 0) is 67.4 Å². The van der Waals surface area contributed by atoms with Crippen molar-refractivity contribution in [3.8, 4) is 22.4 Å². The largest absolute Gasteiger partial charge is 0.369 e. The van der Waals surface area contributed by atoms with Crippen LogP contribution in [0.15, 0.2) is 78.1 Å². The average Bonchev–Trinajstić information content (AvgIpc) is 2.95. The van der Waals surface area contributed by atoms with Gasteiger partial charge >= 0.3 is 0 Å². The smallest absolute Gasteiger partial charge is 0.227 e. The summed E-state index contributed by atoms with van der Waals surface area (Å²) in [5.41, 5.74) is 7.80. The van der Waals surface area contributed by atoms with E-state index in [0.29, 0.717) is 5.95 Å². The van der Waals surface area contributed by atoms with Gasteiger partial charge in [0.2, 0.25) is 5.95 Å². The van der Waals surface area contributed by atoms with Gasteiger partial charge in [-0.25, -0.2) is 9.97 Å². The first-order chi connectivity index (χ1) is 18.2. The van der Waals surface area contributed by atoms with Crippen LogP contribution in [0, 0.1) is 0 Å². The molecule has 2 aliphatic rings. The van der Waals surface area contributed by atoms with Crippen molar-refractivity contribution in [1.29, 1.82) is 0 Å². The Balaban J connectivity index is 1.27. The minimum atomic E-state index is 0.609. The van der Waals surface area contributed by atoms with Gasteiger partial charge in [0.25, 0.3) is 0 Å². The second kappa shape index (κ2) is 10.4. The van der Waals surface area contributed by atoms with E-state index in [4.69, 9.17) is 4.98 Å². The summed E-state index contributed by atoms with van der Waals surface area (Å²) in [5, 5.41) is 3.42. The van der Waals surface area contributed by atoms with Crippen molar-refractivity contribution in [1.82, 2.24) is 19.9 Å². The van der Waals surface area contributed by atoms with Crippen molar-refractivity contribution in [2.24, 2.45) is 0 Å². The number of hydrogen-bond acceptors (Lipinski definition) is 8. The molecule has 0 radical (unpaired) electrons. The van der Waals surface area contributed by atoms with Crippen molar-refractivity contribution in [2.75, 3.05) is 54.3 Å². The minimum Gasteiger partial charge on any atom is -0.369 e. The van der Waals surface area contributed by atoms with E-state index in [1.807, 2.05) is 24.7 Å². The molecule has 1 N–H and O–H groups in total. The van der Waals surface area contributed by atoms with E-state index in [1.54, 1.807) is 11.9 Å². The van der Waals surface area contributed by atoms with Crippen LogP contribution in [0.1, 0.15) is 13.3 Å². The molecular formula is C29H31N7S. The van der Waals surface area contributed by atoms with Crippen LogP contribution in [-0.4, -0.2) is 59.6 Å². The summed E-state index contributed by atoms with van der Waals surface area (Å²) < 4.78 is 2.35. The summed E-state index contributed by atoms with van der Waals surface area (Å²) in [5.74, 6) is 0.609. The topological polar surface area (TPSA) is 60.4 Å². The van der Waals surface area contributed by atoms with Gasteiger partial charge in [-0.3, -0.25) is 4.98 Å². The van der Waals surface area contributed by atoms with Gasteiger partial charge in [0.05, 0.1) is 16.3 Å². The summed E-state index contributed by atoms with van der Waals surface area (Å²) in [6.45, 7) is 7.48. The zero-order valence-corrected chi connectivity index (χ0v) is 22.1. The van der Waals surface area contributed by atoms with Gasteiger partial charge in [0.15, 0.2) is 0 Å². The molecule has 2 aromatic carbocycles. The minimum absolute atomic E-state index is 0.609. The Bertz CT molecular complexity index is 1370. The van der Waals surface area contributed by atoms with Crippen LogP contribution in [-0.2, 0) is 0 Å². The molecule has 0 unspecified atom stereocenters. The molecule has 0 aliphatic carbocycles. The lowest BCUT2D eigenvalue weighted by Crippen LogP contribution is -2.44. The third-order valence-electron chi connectivity index (χ3n) is 6.90. The lowest BCUT2D eigenvalue weighted by atomic mass is 10.0. The first-order valence-electron chi connectivity index (χ1n) is 12.9. The van der Waals surface area contributed by atoms with Gasteiger partial charge in [0, 0.05) is 73.8 Å². The molecule has 0 saturated carbocycles. The van der Waals surface area contributed by atoms with E-state index in [2.05, 4.69) is 91.9 Å². The summed E-state index contributed by atoms with van der Waals surface area (Å²) >= 11 is 1.72. The van der Waals surface area contributed by atoms with Crippen LogP contribution < -0.4 is 14.5 Å². The van der Waals surface area contributed by atoms with Crippen LogP contribution in [0.3, 0.4) is 0 Å². The van der Waals surface area contributed by atoms with Gasteiger partial charge in [-0.15, -0.1) is 0 Å². The van der Waals surface area contributed by atoms with Crippen LogP contribution in [0.4, 0.5) is 23.0 Å². The highest BCUT2D eigenvalue weighted by atomic mass is 32.2. The lowest BCUT2D eigenvalue weighted by Gasteiger charge is -2.34. The zero-order chi connectivity index (χ0) is 25.2. The number of nitrogens with zero attached hydrogens (tertiary/aromatic N) is 6. The normalized spacial score (nSPS) is 15.3. The molecule has 8 heteroatoms. The predicted octanol–water partition coefficient (Wildman–Crippen LogP) is 5.94. The molecule has 0 amide bonds. The number of hydrogen-bond donors (Lipinski definition) is 1. The molecule has 1 fully saturated rings.